The molecule has 0 bridgehead atoms. The van der Waals surface area contributed by atoms with Gasteiger partial charge in [-0.1, -0.05) is 12.1 Å². The lowest BCUT2D eigenvalue weighted by Gasteiger charge is -2.10. The third kappa shape index (κ3) is 2.87. The molecule has 3 nitrogen and oxygen atoms in total. The lowest BCUT2D eigenvalue weighted by molar-refractivity contribution is 0.475. The van der Waals surface area contributed by atoms with Gasteiger partial charge in [-0.3, -0.25) is 4.98 Å². The predicted molar refractivity (Wildman–Crippen MR) is 73.0 cm³/mol. The van der Waals surface area contributed by atoms with Gasteiger partial charge in [-0.05, 0) is 50.2 Å². The van der Waals surface area contributed by atoms with Gasteiger partial charge in [0.25, 0.3) is 0 Å². The fourth-order valence-electron chi connectivity index (χ4n) is 1.72. The molecule has 1 aromatic heterocycles. The standard InChI is InChI=1S/C15H18N2O/c1-11-5-4-6-15(12(11)2)18-14-8-7-13(9-16-3)17-10-14/h4-8,10,16H,9H2,1-3H3. The van der Waals surface area contributed by atoms with E-state index in [1.54, 1.807) is 6.20 Å². The first kappa shape index (κ1) is 12.6. The van der Waals surface area contributed by atoms with Crippen molar-refractivity contribution in [2.75, 3.05) is 7.05 Å². The van der Waals surface area contributed by atoms with Crippen molar-refractivity contribution in [3.05, 3.63) is 53.3 Å². The maximum absolute atomic E-state index is 5.84. The van der Waals surface area contributed by atoms with E-state index in [1.807, 2.05) is 31.3 Å². The first-order valence-electron chi connectivity index (χ1n) is 6.04. The summed E-state index contributed by atoms with van der Waals surface area (Å²) in [6, 6.07) is 9.97. The number of benzene rings is 1. The van der Waals surface area contributed by atoms with Crippen LogP contribution in [0.25, 0.3) is 0 Å². The molecule has 0 atom stereocenters. The van der Waals surface area contributed by atoms with Crippen molar-refractivity contribution in [3.8, 4) is 11.5 Å². The van der Waals surface area contributed by atoms with Crippen LogP contribution in [-0.4, -0.2) is 12.0 Å². The molecule has 0 unspecified atom stereocenters. The van der Waals surface area contributed by atoms with Crippen molar-refractivity contribution in [2.45, 2.75) is 20.4 Å². The Balaban J connectivity index is 2.16. The van der Waals surface area contributed by atoms with E-state index in [2.05, 4.69) is 30.2 Å². The smallest absolute Gasteiger partial charge is 0.145 e. The van der Waals surface area contributed by atoms with E-state index in [1.165, 1.54) is 5.56 Å². The lowest BCUT2D eigenvalue weighted by Crippen LogP contribution is -2.06. The Bertz CT molecular complexity index is 521. The monoisotopic (exact) mass is 242 g/mol. The Morgan fingerprint density at radius 1 is 1.17 bits per heavy atom. The van der Waals surface area contributed by atoms with E-state index in [9.17, 15) is 0 Å². The van der Waals surface area contributed by atoms with Gasteiger partial charge in [0.1, 0.15) is 11.5 Å². The molecule has 0 saturated carbocycles. The van der Waals surface area contributed by atoms with Gasteiger partial charge in [-0.15, -0.1) is 0 Å². The quantitative estimate of drug-likeness (QED) is 0.894. The number of aryl methyl sites for hydroxylation is 1. The summed E-state index contributed by atoms with van der Waals surface area (Å²) in [6.45, 7) is 4.91. The molecule has 94 valence electrons. The molecule has 0 aliphatic rings. The number of nitrogens with zero attached hydrogens (tertiary/aromatic N) is 1. The average molecular weight is 242 g/mol. The Kier molecular flexibility index (Phi) is 3.95. The highest BCUT2D eigenvalue weighted by atomic mass is 16.5. The van der Waals surface area contributed by atoms with Crippen molar-refractivity contribution in [3.63, 3.8) is 0 Å². The molecular formula is C15H18N2O. The van der Waals surface area contributed by atoms with Crippen molar-refractivity contribution >= 4 is 0 Å². The molecule has 0 amide bonds. The molecule has 1 aromatic carbocycles. The van der Waals surface area contributed by atoms with Gasteiger partial charge in [0, 0.05) is 6.54 Å². The van der Waals surface area contributed by atoms with Crippen LogP contribution in [-0.2, 0) is 6.54 Å². The molecule has 2 aromatic rings. The van der Waals surface area contributed by atoms with Crippen LogP contribution >= 0.6 is 0 Å². The molecule has 0 fully saturated rings. The third-order valence-corrected chi connectivity index (χ3v) is 2.94. The highest BCUT2D eigenvalue weighted by Gasteiger charge is 2.03. The van der Waals surface area contributed by atoms with Crippen LogP contribution in [0.1, 0.15) is 16.8 Å². The zero-order valence-electron chi connectivity index (χ0n) is 11.0. The summed E-state index contributed by atoms with van der Waals surface area (Å²) < 4.78 is 5.84. The molecule has 18 heavy (non-hydrogen) atoms. The van der Waals surface area contributed by atoms with Gasteiger partial charge >= 0.3 is 0 Å². The Hall–Kier alpha value is -1.87. The van der Waals surface area contributed by atoms with Gasteiger partial charge in [-0.2, -0.15) is 0 Å². The van der Waals surface area contributed by atoms with Crippen molar-refractivity contribution in [1.29, 1.82) is 0 Å². The first-order chi connectivity index (χ1) is 8.70. The van der Waals surface area contributed by atoms with E-state index < -0.39 is 0 Å². The van der Waals surface area contributed by atoms with Crippen LogP contribution < -0.4 is 10.1 Å². The first-order valence-corrected chi connectivity index (χ1v) is 6.04. The zero-order valence-corrected chi connectivity index (χ0v) is 11.0. The molecule has 0 aliphatic heterocycles. The van der Waals surface area contributed by atoms with Crippen LogP contribution in [0.3, 0.4) is 0 Å². The maximum Gasteiger partial charge on any atom is 0.145 e. The largest absolute Gasteiger partial charge is 0.455 e. The fourth-order valence-corrected chi connectivity index (χ4v) is 1.72. The minimum atomic E-state index is 0.767. The summed E-state index contributed by atoms with van der Waals surface area (Å²) >= 11 is 0. The fraction of sp³-hybridized carbons (Fsp3) is 0.267. The molecule has 0 radical (unpaired) electrons. The number of rotatable bonds is 4. The van der Waals surface area contributed by atoms with Crippen LogP contribution in [0.4, 0.5) is 0 Å². The minimum Gasteiger partial charge on any atom is -0.455 e. The summed E-state index contributed by atoms with van der Waals surface area (Å²) in [6.07, 6.45) is 1.76. The summed E-state index contributed by atoms with van der Waals surface area (Å²) in [4.78, 5) is 4.33. The SMILES string of the molecule is CNCc1ccc(Oc2cccc(C)c2C)cn1. The van der Waals surface area contributed by atoms with E-state index in [4.69, 9.17) is 4.74 Å². The van der Waals surface area contributed by atoms with E-state index >= 15 is 0 Å². The number of nitrogens with one attached hydrogen (secondary N) is 1. The van der Waals surface area contributed by atoms with Gasteiger partial charge in [-0.25, -0.2) is 0 Å². The molecule has 3 heteroatoms. The summed E-state index contributed by atoms with van der Waals surface area (Å²) in [7, 11) is 1.90. The molecular weight excluding hydrogens is 224 g/mol. The second kappa shape index (κ2) is 5.65. The number of pyridine rings is 1. The van der Waals surface area contributed by atoms with Crippen LogP contribution in [0.15, 0.2) is 36.5 Å². The zero-order chi connectivity index (χ0) is 13.0. The predicted octanol–water partition coefficient (Wildman–Crippen LogP) is 3.21. The molecule has 0 spiro atoms. The van der Waals surface area contributed by atoms with E-state index in [-0.39, 0.29) is 0 Å². The Morgan fingerprint density at radius 2 is 2.00 bits per heavy atom. The number of ether oxygens (including phenoxy) is 1. The van der Waals surface area contributed by atoms with Crippen LogP contribution in [0.5, 0.6) is 11.5 Å². The highest BCUT2D eigenvalue weighted by molar-refractivity contribution is 5.41. The topological polar surface area (TPSA) is 34.1 Å². The summed E-state index contributed by atoms with van der Waals surface area (Å²) in [5, 5.41) is 3.07. The third-order valence-electron chi connectivity index (χ3n) is 2.94. The number of aromatic nitrogens is 1. The summed E-state index contributed by atoms with van der Waals surface area (Å²) in [5.41, 5.74) is 3.40. The molecule has 1 N–H and O–H groups in total. The van der Waals surface area contributed by atoms with Crippen molar-refractivity contribution in [2.24, 2.45) is 0 Å². The van der Waals surface area contributed by atoms with Crippen molar-refractivity contribution in [1.82, 2.24) is 10.3 Å². The second-order valence-electron chi connectivity index (χ2n) is 4.32. The van der Waals surface area contributed by atoms with E-state index in [0.717, 1.165) is 29.3 Å². The summed E-state index contributed by atoms with van der Waals surface area (Å²) in [5.74, 6) is 1.65. The average Bonchev–Trinajstić information content (AvgIpc) is 2.38. The Labute approximate surface area is 108 Å². The molecule has 0 aliphatic carbocycles. The van der Waals surface area contributed by atoms with Gasteiger partial charge < -0.3 is 10.1 Å². The second-order valence-corrected chi connectivity index (χ2v) is 4.32. The number of hydrogen-bond acceptors (Lipinski definition) is 3. The van der Waals surface area contributed by atoms with Gasteiger partial charge in [0.2, 0.25) is 0 Å². The Morgan fingerprint density at radius 3 is 2.67 bits per heavy atom. The lowest BCUT2D eigenvalue weighted by atomic mass is 10.1. The van der Waals surface area contributed by atoms with Gasteiger partial charge in [0.15, 0.2) is 0 Å². The van der Waals surface area contributed by atoms with Crippen LogP contribution in [0, 0.1) is 13.8 Å². The van der Waals surface area contributed by atoms with Crippen LogP contribution in [0.2, 0.25) is 0 Å². The molecule has 1 heterocycles. The highest BCUT2D eigenvalue weighted by Crippen LogP contribution is 2.26. The number of hydrogen-bond donors (Lipinski definition) is 1. The normalized spacial score (nSPS) is 10.4. The maximum atomic E-state index is 5.84. The molecule has 2 rings (SSSR count). The van der Waals surface area contributed by atoms with E-state index in [0.29, 0.717) is 0 Å². The van der Waals surface area contributed by atoms with Gasteiger partial charge in [0.05, 0.1) is 11.9 Å². The minimum absolute atomic E-state index is 0.767. The van der Waals surface area contributed by atoms with Crippen molar-refractivity contribution < 1.29 is 4.74 Å². The molecule has 0 saturated heterocycles.